The normalized spacial score (nSPS) is 15.3. The summed E-state index contributed by atoms with van der Waals surface area (Å²) in [5.41, 5.74) is 2.09. The lowest BCUT2D eigenvalue weighted by atomic mass is 10.2. The number of anilines is 1. The van der Waals surface area contributed by atoms with Crippen LogP contribution in [0.5, 0.6) is 0 Å². The number of aryl methyl sites for hydroxylation is 1. The molecule has 1 aliphatic heterocycles. The molecule has 1 aromatic carbocycles. The average molecular weight is 450 g/mol. The fourth-order valence-corrected chi connectivity index (χ4v) is 4.44. The molecule has 3 heterocycles. The van der Waals surface area contributed by atoms with Crippen LogP contribution in [0.2, 0.25) is 0 Å². The zero-order valence-corrected chi connectivity index (χ0v) is 17.4. The molecule has 1 aliphatic rings. The first-order chi connectivity index (χ1) is 13.1. The lowest BCUT2D eigenvalue weighted by molar-refractivity contribution is 0.0390. The molecule has 8 heteroatoms. The Morgan fingerprint density at radius 1 is 1.30 bits per heavy atom. The Labute approximate surface area is 169 Å². The Balaban J connectivity index is 1.62. The minimum Gasteiger partial charge on any atom is -0.444 e. The van der Waals surface area contributed by atoms with Crippen molar-refractivity contribution < 1.29 is 13.9 Å². The van der Waals surface area contributed by atoms with E-state index >= 15 is 0 Å². The third-order valence-electron chi connectivity index (χ3n) is 4.54. The molecule has 27 heavy (non-hydrogen) atoms. The molecule has 1 amide bonds. The smallest absolute Gasteiger partial charge is 0.295 e. The largest absolute Gasteiger partial charge is 0.444 e. The van der Waals surface area contributed by atoms with Crippen molar-refractivity contribution in [1.82, 2.24) is 9.88 Å². The van der Waals surface area contributed by atoms with Gasteiger partial charge < -0.3 is 9.15 Å². The summed E-state index contributed by atoms with van der Waals surface area (Å²) in [6.45, 7) is 6.61. The van der Waals surface area contributed by atoms with E-state index in [1.165, 1.54) is 16.9 Å². The number of rotatable bonds is 5. The molecule has 142 valence electrons. The molecular formula is C19H20BrN3O3S. The molecule has 0 saturated carbocycles. The highest BCUT2D eigenvalue weighted by Gasteiger charge is 2.25. The Bertz CT molecular complexity index is 949. The van der Waals surface area contributed by atoms with Gasteiger partial charge in [-0.15, -0.1) is 0 Å². The zero-order chi connectivity index (χ0) is 18.8. The molecule has 0 N–H and O–H groups in total. The van der Waals surface area contributed by atoms with Gasteiger partial charge in [0.1, 0.15) is 0 Å². The third kappa shape index (κ3) is 4.24. The van der Waals surface area contributed by atoms with Gasteiger partial charge in [0.05, 0.1) is 23.4 Å². The van der Waals surface area contributed by atoms with E-state index in [1.54, 1.807) is 17.0 Å². The molecule has 1 saturated heterocycles. The molecule has 4 rings (SSSR count). The van der Waals surface area contributed by atoms with Crippen LogP contribution in [0.25, 0.3) is 10.2 Å². The van der Waals surface area contributed by atoms with Crippen LogP contribution < -0.4 is 4.90 Å². The number of amides is 1. The quantitative estimate of drug-likeness (QED) is 0.590. The number of aromatic nitrogens is 1. The summed E-state index contributed by atoms with van der Waals surface area (Å²) in [5.74, 6) is 0.129. The minimum absolute atomic E-state index is 0.176. The van der Waals surface area contributed by atoms with Crippen LogP contribution in [0.4, 0.5) is 5.13 Å². The molecule has 0 bridgehead atoms. The monoisotopic (exact) mass is 449 g/mol. The molecule has 0 atom stereocenters. The highest BCUT2D eigenvalue weighted by Crippen LogP contribution is 2.31. The van der Waals surface area contributed by atoms with Crippen LogP contribution in [0.15, 0.2) is 39.4 Å². The van der Waals surface area contributed by atoms with Gasteiger partial charge in [-0.25, -0.2) is 4.98 Å². The van der Waals surface area contributed by atoms with Crippen LogP contribution in [-0.4, -0.2) is 55.2 Å². The van der Waals surface area contributed by atoms with Crippen molar-refractivity contribution >= 4 is 48.5 Å². The van der Waals surface area contributed by atoms with Gasteiger partial charge in [-0.1, -0.05) is 17.4 Å². The van der Waals surface area contributed by atoms with E-state index < -0.39 is 0 Å². The maximum atomic E-state index is 13.1. The van der Waals surface area contributed by atoms with E-state index in [9.17, 15) is 4.79 Å². The Kier molecular flexibility index (Phi) is 5.58. The van der Waals surface area contributed by atoms with Crippen molar-refractivity contribution in [3.05, 3.63) is 46.3 Å². The first kappa shape index (κ1) is 18.6. The van der Waals surface area contributed by atoms with Crippen molar-refractivity contribution in [3.8, 4) is 0 Å². The highest BCUT2D eigenvalue weighted by atomic mass is 79.9. The second-order valence-electron chi connectivity index (χ2n) is 6.48. The number of hydrogen-bond acceptors (Lipinski definition) is 6. The van der Waals surface area contributed by atoms with Gasteiger partial charge in [-0.2, -0.15) is 0 Å². The predicted molar refractivity (Wildman–Crippen MR) is 110 cm³/mol. The number of fused-ring (bicyclic) bond motifs is 1. The highest BCUT2D eigenvalue weighted by molar-refractivity contribution is 9.10. The van der Waals surface area contributed by atoms with Gasteiger partial charge in [0.2, 0.25) is 0 Å². The minimum atomic E-state index is -0.176. The van der Waals surface area contributed by atoms with Crippen LogP contribution in [0, 0.1) is 6.92 Å². The Morgan fingerprint density at radius 3 is 2.85 bits per heavy atom. The summed E-state index contributed by atoms with van der Waals surface area (Å²) in [6.07, 6.45) is 0. The second kappa shape index (κ2) is 8.10. The number of nitrogens with zero attached hydrogens (tertiary/aromatic N) is 3. The van der Waals surface area contributed by atoms with E-state index in [0.29, 0.717) is 22.1 Å². The van der Waals surface area contributed by atoms with Gasteiger partial charge >= 0.3 is 0 Å². The summed E-state index contributed by atoms with van der Waals surface area (Å²) >= 11 is 4.80. The topological polar surface area (TPSA) is 58.8 Å². The van der Waals surface area contributed by atoms with Crippen molar-refractivity contribution in [2.75, 3.05) is 44.3 Å². The standard InChI is InChI=1S/C19H20BrN3O3S/c1-13-2-3-14-16(12-13)27-19(21-14)23(7-6-22-8-10-25-11-9-22)18(24)15-4-5-17(20)26-15/h2-5,12H,6-11H2,1H3. The van der Waals surface area contributed by atoms with E-state index in [1.807, 2.05) is 12.1 Å². The summed E-state index contributed by atoms with van der Waals surface area (Å²) in [5, 5.41) is 0.696. The van der Waals surface area contributed by atoms with Gasteiger partial charge in [0.15, 0.2) is 15.6 Å². The SMILES string of the molecule is Cc1ccc2nc(N(CCN3CCOCC3)C(=O)c3ccc(Br)o3)sc2c1. The molecule has 1 fully saturated rings. The summed E-state index contributed by atoms with van der Waals surface area (Å²) in [6, 6.07) is 9.56. The van der Waals surface area contributed by atoms with E-state index in [2.05, 4.69) is 33.8 Å². The summed E-state index contributed by atoms with van der Waals surface area (Å²) in [7, 11) is 0. The van der Waals surface area contributed by atoms with Crippen molar-refractivity contribution in [2.45, 2.75) is 6.92 Å². The lowest BCUT2D eigenvalue weighted by Gasteiger charge is -2.28. The zero-order valence-electron chi connectivity index (χ0n) is 15.0. The van der Waals surface area contributed by atoms with Crippen LogP contribution in [-0.2, 0) is 4.74 Å². The van der Waals surface area contributed by atoms with Gasteiger partial charge in [-0.3, -0.25) is 14.6 Å². The molecule has 0 spiro atoms. The fourth-order valence-electron chi connectivity index (χ4n) is 3.05. The number of morpholine rings is 1. The van der Waals surface area contributed by atoms with Gasteiger partial charge in [-0.05, 0) is 52.7 Å². The average Bonchev–Trinajstić information content (AvgIpc) is 3.28. The predicted octanol–water partition coefficient (Wildman–Crippen LogP) is 3.94. The maximum absolute atomic E-state index is 13.1. The molecule has 0 aliphatic carbocycles. The number of ether oxygens (including phenoxy) is 1. The molecule has 3 aromatic rings. The number of benzene rings is 1. The number of carbonyl (C=O) groups excluding carboxylic acids is 1. The van der Waals surface area contributed by atoms with Crippen LogP contribution >= 0.6 is 27.3 Å². The Hall–Kier alpha value is -1.74. The van der Waals surface area contributed by atoms with E-state index in [-0.39, 0.29) is 5.91 Å². The van der Waals surface area contributed by atoms with Crippen molar-refractivity contribution in [2.24, 2.45) is 0 Å². The van der Waals surface area contributed by atoms with E-state index in [4.69, 9.17) is 14.1 Å². The first-order valence-electron chi connectivity index (χ1n) is 8.85. The van der Waals surface area contributed by atoms with Crippen LogP contribution in [0.1, 0.15) is 16.1 Å². The summed E-state index contributed by atoms with van der Waals surface area (Å²) in [4.78, 5) is 21.8. The third-order valence-corrected chi connectivity index (χ3v) is 6.00. The number of hydrogen-bond donors (Lipinski definition) is 0. The Morgan fingerprint density at radius 2 is 2.11 bits per heavy atom. The maximum Gasteiger partial charge on any atom is 0.295 e. The van der Waals surface area contributed by atoms with Crippen molar-refractivity contribution in [3.63, 3.8) is 0 Å². The van der Waals surface area contributed by atoms with Crippen LogP contribution in [0.3, 0.4) is 0 Å². The second-order valence-corrected chi connectivity index (χ2v) is 8.27. The molecule has 2 aromatic heterocycles. The number of carbonyl (C=O) groups is 1. The molecule has 0 radical (unpaired) electrons. The summed E-state index contributed by atoms with van der Waals surface area (Å²) < 4.78 is 12.5. The van der Waals surface area contributed by atoms with Gasteiger partial charge in [0, 0.05) is 26.2 Å². The fraction of sp³-hybridized carbons (Fsp3) is 0.368. The van der Waals surface area contributed by atoms with Crippen molar-refractivity contribution in [1.29, 1.82) is 0 Å². The molecule has 0 unspecified atom stereocenters. The molecular weight excluding hydrogens is 430 g/mol. The number of thiazole rings is 1. The number of halogens is 1. The van der Waals surface area contributed by atoms with E-state index in [0.717, 1.165) is 43.1 Å². The lowest BCUT2D eigenvalue weighted by Crippen LogP contribution is -2.43. The molecule has 6 nitrogen and oxygen atoms in total. The number of furan rings is 1. The van der Waals surface area contributed by atoms with Gasteiger partial charge in [0.25, 0.3) is 5.91 Å². The first-order valence-corrected chi connectivity index (χ1v) is 10.5.